The number of amides is 1. The van der Waals surface area contributed by atoms with E-state index in [0.717, 1.165) is 44.0 Å². The number of aromatic nitrogens is 3. The van der Waals surface area contributed by atoms with E-state index in [1.54, 1.807) is 7.11 Å². The summed E-state index contributed by atoms with van der Waals surface area (Å²) in [5.74, 6) is 2.10. The third-order valence-corrected chi connectivity index (χ3v) is 4.50. The molecule has 0 aliphatic carbocycles. The molecule has 3 heterocycles. The smallest absolute Gasteiger partial charge is 0.234 e. The number of nitrogens with zero attached hydrogens (tertiary/aromatic N) is 4. The van der Waals surface area contributed by atoms with Crippen molar-refractivity contribution < 1.29 is 9.53 Å². The highest BCUT2D eigenvalue weighted by atomic mass is 16.5. The van der Waals surface area contributed by atoms with Gasteiger partial charge in [0.05, 0.1) is 18.7 Å². The molecule has 1 fully saturated rings. The summed E-state index contributed by atoms with van der Waals surface area (Å²) in [6.07, 6.45) is 3.12. The number of methoxy groups -OCH3 is 1. The van der Waals surface area contributed by atoms with Crippen molar-refractivity contribution >= 4 is 5.91 Å². The Labute approximate surface area is 137 Å². The lowest BCUT2D eigenvalue weighted by Crippen LogP contribution is -2.46. The second-order valence-electron chi connectivity index (χ2n) is 7.57. The van der Waals surface area contributed by atoms with Crippen LogP contribution in [-0.2, 0) is 22.5 Å². The Bertz CT molecular complexity index is 578. The van der Waals surface area contributed by atoms with Gasteiger partial charge in [-0.2, -0.15) is 0 Å². The summed E-state index contributed by atoms with van der Waals surface area (Å²) < 4.78 is 7.76. The Morgan fingerprint density at radius 2 is 2.17 bits per heavy atom. The molecule has 0 unspecified atom stereocenters. The third kappa shape index (κ3) is 3.55. The topological polar surface area (TPSA) is 72.3 Å². The van der Waals surface area contributed by atoms with Crippen LogP contribution in [0.25, 0.3) is 0 Å². The number of carbonyl (C=O) groups excluding carboxylic acids is 1. The molecule has 2 aliphatic rings. The Hall–Kier alpha value is -1.47. The first-order valence-electron chi connectivity index (χ1n) is 8.37. The molecule has 0 saturated carbocycles. The van der Waals surface area contributed by atoms with Crippen molar-refractivity contribution in [1.29, 1.82) is 0 Å². The number of hydrogen-bond acceptors (Lipinski definition) is 5. The lowest BCUT2D eigenvalue weighted by molar-refractivity contribution is -0.124. The maximum atomic E-state index is 12.3. The molecule has 2 aliphatic heterocycles. The summed E-state index contributed by atoms with van der Waals surface area (Å²) >= 11 is 0. The van der Waals surface area contributed by atoms with Gasteiger partial charge in [0.15, 0.2) is 5.82 Å². The van der Waals surface area contributed by atoms with Crippen LogP contribution in [-0.4, -0.2) is 57.4 Å². The largest absolute Gasteiger partial charge is 0.380 e. The highest BCUT2D eigenvalue weighted by Gasteiger charge is 2.38. The van der Waals surface area contributed by atoms with Gasteiger partial charge in [0.2, 0.25) is 5.91 Å². The SMILES string of the molecule is CO[C@@H]1C[C@@H](c2nnc3n2CCC3)N(CC(=O)NC(C)(C)C)C1. The standard InChI is InChI=1S/C16H27N5O2/c1-16(2,3)17-14(22)10-20-9-11(23-4)8-12(20)15-19-18-13-6-5-7-21(13)15/h11-12H,5-10H2,1-4H3,(H,17,22)/t11-,12+/m1/s1. The zero-order chi connectivity index (χ0) is 16.6. The van der Waals surface area contributed by atoms with Crippen molar-refractivity contribution in [1.82, 2.24) is 25.0 Å². The first-order valence-corrected chi connectivity index (χ1v) is 8.37. The molecule has 7 heteroatoms. The van der Waals surface area contributed by atoms with Crippen LogP contribution in [0.15, 0.2) is 0 Å². The maximum Gasteiger partial charge on any atom is 0.234 e. The molecule has 7 nitrogen and oxygen atoms in total. The van der Waals surface area contributed by atoms with Crippen LogP contribution in [0.5, 0.6) is 0 Å². The van der Waals surface area contributed by atoms with Crippen molar-refractivity contribution in [3.63, 3.8) is 0 Å². The zero-order valence-electron chi connectivity index (χ0n) is 14.5. The minimum Gasteiger partial charge on any atom is -0.380 e. The molecule has 1 aromatic rings. The molecule has 1 N–H and O–H groups in total. The zero-order valence-corrected chi connectivity index (χ0v) is 14.5. The van der Waals surface area contributed by atoms with Crippen LogP contribution in [0.2, 0.25) is 0 Å². The number of ether oxygens (including phenoxy) is 1. The van der Waals surface area contributed by atoms with Crippen molar-refractivity contribution in [2.24, 2.45) is 0 Å². The summed E-state index contributed by atoms with van der Waals surface area (Å²) in [5, 5.41) is 11.7. The van der Waals surface area contributed by atoms with Gasteiger partial charge < -0.3 is 14.6 Å². The van der Waals surface area contributed by atoms with E-state index in [2.05, 4.69) is 25.0 Å². The summed E-state index contributed by atoms with van der Waals surface area (Å²) in [7, 11) is 1.73. The molecular formula is C16H27N5O2. The van der Waals surface area contributed by atoms with Gasteiger partial charge in [-0.15, -0.1) is 10.2 Å². The molecule has 1 aromatic heterocycles. The lowest BCUT2D eigenvalue weighted by atomic mass is 10.1. The number of nitrogens with one attached hydrogen (secondary N) is 1. The normalized spacial score (nSPS) is 24.9. The summed E-state index contributed by atoms with van der Waals surface area (Å²) in [6.45, 7) is 8.08. The van der Waals surface area contributed by atoms with Gasteiger partial charge in [-0.3, -0.25) is 9.69 Å². The Morgan fingerprint density at radius 1 is 1.39 bits per heavy atom. The predicted molar refractivity (Wildman–Crippen MR) is 86.0 cm³/mol. The molecular weight excluding hydrogens is 294 g/mol. The molecule has 0 spiro atoms. The number of carbonyl (C=O) groups is 1. The molecule has 3 rings (SSSR count). The maximum absolute atomic E-state index is 12.3. The van der Waals surface area contributed by atoms with Crippen molar-refractivity contribution in [3.05, 3.63) is 11.6 Å². The average molecular weight is 321 g/mol. The number of rotatable bonds is 4. The molecule has 0 radical (unpaired) electrons. The van der Waals surface area contributed by atoms with Crippen molar-refractivity contribution in [3.8, 4) is 0 Å². The quantitative estimate of drug-likeness (QED) is 0.892. The van der Waals surface area contributed by atoms with E-state index in [1.165, 1.54) is 0 Å². The Balaban J connectivity index is 1.75. The molecule has 128 valence electrons. The van der Waals surface area contributed by atoms with Gasteiger partial charge in [0, 0.05) is 32.2 Å². The van der Waals surface area contributed by atoms with Crippen molar-refractivity contribution in [2.75, 3.05) is 20.2 Å². The highest BCUT2D eigenvalue weighted by Crippen LogP contribution is 2.33. The second kappa shape index (κ2) is 6.20. The van der Waals surface area contributed by atoms with Crippen LogP contribution < -0.4 is 5.32 Å². The van der Waals surface area contributed by atoms with Gasteiger partial charge in [-0.05, 0) is 33.6 Å². The van der Waals surface area contributed by atoms with E-state index in [-0.39, 0.29) is 23.6 Å². The van der Waals surface area contributed by atoms with E-state index in [0.29, 0.717) is 6.54 Å². The molecule has 1 saturated heterocycles. The minimum absolute atomic E-state index is 0.0420. The first kappa shape index (κ1) is 16.4. The van der Waals surface area contributed by atoms with Crippen LogP contribution in [0.4, 0.5) is 0 Å². The van der Waals surface area contributed by atoms with Crippen molar-refractivity contribution in [2.45, 2.75) is 64.3 Å². The van der Waals surface area contributed by atoms with E-state index in [4.69, 9.17) is 4.74 Å². The van der Waals surface area contributed by atoms with E-state index < -0.39 is 0 Å². The second-order valence-corrected chi connectivity index (χ2v) is 7.57. The van der Waals surface area contributed by atoms with Crippen LogP contribution >= 0.6 is 0 Å². The van der Waals surface area contributed by atoms with Gasteiger partial charge >= 0.3 is 0 Å². The summed E-state index contributed by atoms with van der Waals surface area (Å²) in [6, 6.07) is 0.102. The van der Waals surface area contributed by atoms with Gasteiger partial charge in [0.1, 0.15) is 5.82 Å². The number of likely N-dealkylation sites (tertiary alicyclic amines) is 1. The van der Waals surface area contributed by atoms with Crippen LogP contribution in [0, 0.1) is 0 Å². The first-order chi connectivity index (χ1) is 10.9. The molecule has 0 bridgehead atoms. The van der Waals surface area contributed by atoms with E-state index in [9.17, 15) is 4.79 Å². The Morgan fingerprint density at radius 3 is 2.87 bits per heavy atom. The predicted octanol–water partition coefficient (Wildman–Crippen LogP) is 0.901. The monoisotopic (exact) mass is 321 g/mol. The highest BCUT2D eigenvalue weighted by molar-refractivity contribution is 5.78. The number of aryl methyl sites for hydroxylation is 1. The summed E-state index contributed by atoms with van der Waals surface area (Å²) in [4.78, 5) is 14.5. The van der Waals surface area contributed by atoms with E-state index in [1.807, 2.05) is 20.8 Å². The molecule has 23 heavy (non-hydrogen) atoms. The molecule has 1 amide bonds. The third-order valence-electron chi connectivity index (χ3n) is 4.50. The van der Waals surface area contributed by atoms with E-state index >= 15 is 0 Å². The van der Waals surface area contributed by atoms with Gasteiger partial charge in [0.25, 0.3) is 0 Å². The van der Waals surface area contributed by atoms with Crippen LogP contribution in [0.3, 0.4) is 0 Å². The lowest BCUT2D eigenvalue weighted by Gasteiger charge is -2.26. The van der Waals surface area contributed by atoms with Crippen LogP contribution in [0.1, 0.15) is 51.3 Å². The average Bonchev–Trinajstić information content (AvgIpc) is 3.10. The fourth-order valence-electron chi connectivity index (χ4n) is 3.54. The molecule has 2 atom stereocenters. The van der Waals surface area contributed by atoms with Gasteiger partial charge in [-0.1, -0.05) is 0 Å². The van der Waals surface area contributed by atoms with Gasteiger partial charge in [-0.25, -0.2) is 0 Å². The minimum atomic E-state index is -0.219. The molecule has 0 aromatic carbocycles. The number of hydrogen-bond donors (Lipinski definition) is 1. The summed E-state index contributed by atoms with van der Waals surface area (Å²) in [5.41, 5.74) is -0.219. The number of fused-ring (bicyclic) bond motifs is 1. The fraction of sp³-hybridized carbons (Fsp3) is 0.812. The Kier molecular flexibility index (Phi) is 4.42. The fourth-order valence-corrected chi connectivity index (χ4v) is 3.54.